The van der Waals surface area contributed by atoms with E-state index in [1.54, 1.807) is 0 Å². The number of hydrogen-bond acceptors (Lipinski definition) is 2. The second-order valence-corrected chi connectivity index (χ2v) is 5.66. The average molecular weight is 242 g/mol. The predicted octanol–water partition coefficient (Wildman–Crippen LogP) is 3.20. The number of fused-ring (bicyclic) bond motifs is 1. The molecule has 0 spiro atoms. The van der Waals surface area contributed by atoms with Crippen molar-refractivity contribution in [3.05, 3.63) is 35.4 Å². The molecule has 96 valence electrons. The van der Waals surface area contributed by atoms with E-state index in [-0.39, 0.29) is 0 Å². The molecule has 0 bridgehead atoms. The highest BCUT2D eigenvalue weighted by Gasteiger charge is 2.27. The molecule has 0 fully saturated rings. The largest absolute Gasteiger partial charge is 0.301 e. The van der Waals surface area contributed by atoms with Gasteiger partial charge in [-0.2, -0.15) is 5.26 Å². The summed E-state index contributed by atoms with van der Waals surface area (Å²) in [7, 11) is 0. The Morgan fingerprint density at radius 1 is 1.39 bits per heavy atom. The highest BCUT2D eigenvalue weighted by atomic mass is 15.1. The van der Waals surface area contributed by atoms with E-state index in [2.05, 4.69) is 49.1 Å². The number of hydrogen-bond donors (Lipinski definition) is 0. The molecule has 2 nitrogen and oxygen atoms in total. The van der Waals surface area contributed by atoms with E-state index in [9.17, 15) is 0 Å². The average Bonchev–Trinajstić information content (AvgIpc) is 2.32. The summed E-state index contributed by atoms with van der Waals surface area (Å²) in [6, 6.07) is 11.0. The van der Waals surface area contributed by atoms with Crippen LogP contribution in [-0.4, -0.2) is 24.5 Å². The highest BCUT2D eigenvalue weighted by Crippen LogP contribution is 2.35. The molecule has 1 aromatic rings. The fourth-order valence-electron chi connectivity index (χ4n) is 2.82. The van der Waals surface area contributed by atoms with Crippen LogP contribution in [0.2, 0.25) is 0 Å². The minimum atomic E-state index is 0.640. The lowest BCUT2D eigenvalue weighted by Gasteiger charge is -2.35. The van der Waals surface area contributed by atoms with Crippen molar-refractivity contribution >= 4 is 0 Å². The molecule has 0 N–H and O–H groups in total. The molecule has 0 aromatic heterocycles. The number of nitriles is 1. The zero-order chi connectivity index (χ0) is 13.0. The smallest absolute Gasteiger partial charge is 0.0635 e. The summed E-state index contributed by atoms with van der Waals surface area (Å²) in [5.41, 5.74) is 3.02. The zero-order valence-corrected chi connectivity index (χ0v) is 11.4. The van der Waals surface area contributed by atoms with Crippen LogP contribution in [0.4, 0.5) is 0 Å². The summed E-state index contributed by atoms with van der Waals surface area (Å²) >= 11 is 0. The van der Waals surface area contributed by atoms with Crippen LogP contribution < -0.4 is 0 Å². The second-order valence-electron chi connectivity index (χ2n) is 5.66. The van der Waals surface area contributed by atoms with Gasteiger partial charge in [0.1, 0.15) is 0 Å². The first kappa shape index (κ1) is 13.1. The Morgan fingerprint density at radius 2 is 2.17 bits per heavy atom. The maximum atomic E-state index is 8.74. The fraction of sp³-hybridized carbons (Fsp3) is 0.562. The lowest BCUT2D eigenvalue weighted by Crippen LogP contribution is -2.36. The lowest BCUT2D eigenvalue weighted by atomic mass is 9.77. The summed E-state index contributed by atoms with van der Waals surface area (Å²) in [5.74, 6) is 1.35. The van der Waals surface area contributed by atoms with Crippen LogP contribution in [-0.2, 0) is 6.42 Å². The molecule has 1 aliphatic carbocycles. The standard InChI is InChI=1S/C16H22N2/c1-13(2)11-18(9-5-8-17)12-15-10-14-6-3-4-7-16(14)15/h3-4,6-7,13,15H,5,9-12H2,1-2H3. The van der Waals surface area contributed by atoms with Gasteiger partial charge in [-0.1, -0.05) is 38.1 Å². The first-order chi connectivity index (χ1) is 8.70. The van der Waals surface area contributed by atoms with Gasteiger partial charge >= 0.3 is 0 Å². The Kier molecular flexibility index (Phi) is 4.38. The van der Waals surface area contributed by atoms with Gasteiger partial charge in [-0.15, -0.1) is 0 Å². The van der Waals surface area contributed by atoms with Gasteiger partial charge in [0.2, 0.25) is 0 Å². The third kappa shape index (κ3) is 3.11. The molecule has 18 heavy (non-hydrogen) atoms. The van der Waals surface area contributed by atoms with Gasteiger partial charge in [0.05, 0.1) is 6.07 Å². The minimum absolute atomic E-state index is 0.640. The Morgan fingerprint density at radius 3 is 2.83 bits per heavy atom. The molecule has 0 heterocycles. The predicted molar refractivity (Wildman–Crippen MR) is 74.4 cm³/mol. The second kappa shape index (κ2) is 6.02. The number of nitrogens with zero attached hydrogens (tertiary/aromatic N) is 2. The Bertz CT molecular complexity index is 431. The Labute approximate surface area is 110 Å². The van der Waals surface area contributed by atoms with Crippen molar-refractivity contribution in [3.8, 4) is 6.07 Å². The van der Waals surface area contributed by atoms with Crippen molar-refractivity contribution in [3.63, 3.8) is 0 Å². The van der Waals surface area contributed by atoms with Crippen LogP contribution in [0.15, 0.2) is 24.3 Å². The van der Waals surface area contributed by atoms with Crippen LogP contribution >= 0.6 is 0 Å². The zero-order valence-electron chi connectivity index (χ0n) is 11.4. The first-order valence-electron chi connectivity index (χ1n) is 6.87. The fourth-order valence-corrected chi connectivity index (χ4v) is 2.82. The topological polar surface area (TPSA) is 27.0 Å². The monoisotopic (exact) mass is 242 g/mol. The molecule has 1 atom stereocenters. The van der Waals surface area contributed by atoms with Gasteiger partial charge in [-0.3, -0.25) is 0 Å². The summed E-state index contributed by atoms with van der Waals surface area (Å²) in [6.07, 6.45) is 1.85. The van der Waals surface area contributed by atoms with Gasteiger partial charge in [-0.25, -0.2) is 0 Å². The van der Waals surface area contributed by atoms with E-state index >= 15 is 0 Å². The third-order valence-electron chi connectivity index (χ3n) is 3.60. The first-order valence-corrected chi connectivity index (χ1v) is 6.87. The van der Waals surface area contributed by atoms with Crippen molar-refractivity contribution in [2.24, 2.45) is 5.92 Å². The molecular formula is C16H22N2. The molecule has 0 saturated heterocycles. The number of rotatable bonds is 6. The molecule has 0 saturated carbocycles. The van der Waals surface area contributed by atoms with Gasteiger partial charge in [0, 0.05) is 32.0 Å². The molecule has 1 unspecified atom stereocenters. The van der Waals surface area contributed by atoms with Crippen molar-refractivity contribution in [2.45, 2.75) is 32.6 Å². The van der Waals surface area contributed by atoms with Crippen molar-refractivity contribution < 1.29 is 0 Å². The maximum absolute atomic E-state index is 8.74. The van der Waals surface area contributed by atoms with E-state index in [0.29, 0.717) is 18.3 Å². The van der Waals surface area contributed by atoms with Gasteiger partial charge in [0.25, 0.3) is 0 Å². The quantitative estimate of drug-likeness (QED) is 0.766. The molecule has 2 rings (SSSR count). The highest BCUT2D eigenvalue weighted by molar-refractivity contribution is 5.40. The van der Waals surface area contributed by atoms with E-state index in [0.717, 1.165) is 19.6 Å². The van der Waals surface area contributed by atoms with E-state index in [1.165, 1.54) is 17.5 Å². The summed E-state index contributed by atoms with van der Waals surface area (Å²) < 4.78 is 0. The van der Waals surface area contributed by atoms with Crippen LogP contribution in [0.1, 0.15) is 37.3 Å². The minimum Gasteiger partial charge on any atom is -0.301 e. The normalized spacial score (nSPS) is 17.4. The van der Waals surface area contributed by atoms with E-state index < -0.39 is 0 Å². The van der Waals surface area contributed by atoms with Crippen molar-refractivity contribution in [2.75, 3.05) is 19.6 Å². The van der Waals surface area contributed by atoms with E-state index in [1.807, 2.05) is 0 Å². The van der Waals surface area contributed by atoms with Gasteiger partial charge in [-0.05, 0) is 23.5 Å². The van der Waals surface area contributed by atoms with Gasteiger partial charge in [0.15, 0.2) is 0 Å². The maximum Gasteiger partial charge on any atom is 0.0635 e. The summed E-state index contributed by atoms with van der Waals surface area (Å²) in [5, 5.41) is 8.74. The van der Waals surface area contributed by atoms with Crippen molar-refractivity contribution in [1.82, 2.24) is 4.90 Å². The van der Waals surface area contributed by atoms with Crippen LogP contribution in [0, 0.1) is 17.2 Å². The third-order valence-corrected chi connectivity index (χ3v) is 3.60. The molecule has 1 aliphatic rings. The molecule has 2 heteroatoms. The van der Waals surface area contributed by atoms with Crippen LogP contribution in [0.5, 0.6) is 0 Å². The molecule has 0 amide bonds. The molecule has 0 aliphatic heterocycles. The molecular weight excluding hydrogens is 220 g/mol. The van der Waals surface area contributed by atoms with E-state index in [4.69, 9.17) is 5.26 Å². The number of benzene rings is 1. The van der Waals surface area contributed by atoms with Crippen molar-refractivity contribution in [1.29, 1.82) is 5.26 Å². The SMILES string of the molecule is CC(C)CN(CCC#N)CC1Cc2ccccc21. The summed E-state index contributed by atoms with van der Waals surface area (Å²) in [4.78, 5) is 2.45. The summed E-state index contributed by atoms with van der Waals surface area (Å²) in [6.45, 7) is 7.60. The van der Waals surface area contributed by atoms with Crippen LogP contribution in [0.3, 0.4) is 0 Å². The van der Waals surface area contributed by atoms with Crippen LogP contribution in [0.25, 0.3) is 0 Å². The van der Waals surface area contributed by atoms with Gasteiger partial charge < -0.3 is 4.90 Å². The molecule has 1 aromatic carbocycles. The Hall–Kier alpha value is -1.33. The lowest BCUT2D eigenvalue weighted by molar-refractivity contribution is 0.227. The Balaban J connectivity index is 1.92. The molecule has 0 radical (unpaired) electrons.